The number of amides is 1. The number of likely N-dealkylation sites (tertiary alicyclic amines) is 1. The van der Waals surface area contributed by atoms with Crippen LogP contribution in [-0.2, 0) is 4.79 Å². The highest BCUT2D eigenvalue weighted by molar-refractivity contribution is 5.76. The normalized spacial score (nSPS) is 28.1. The van der Waals surface area contributed by atoms with Gasteiger partial charge in [-0.25, -0.2) is 0 Å². The van der Waals surface area contributed by atoms with Crippen LogP contribution in [0.3, 0.4) is 0 Å². The molecule has 15 heavy (non-hydrogen) atoms. The Morgan fingerprint density at radius 3 is 2.73 bits per heavy atom. The van der Waals surface area contributed by atoms with Crippen molar-refractivity contribution in [3.05, 3.63) is 0 Å². The second kappa shape index (κ2) is 4.52. The van der Waals surface area contributed by atoms with Gasteiger partial charge in [-0.05, 0) is 25.7 Å². The molecule has 0 spiro atoms. The van der Waals surface area contributed by atoms with E-state index in [1.54, 1.807) is 0 Å². The minimum absolute atomic E-state index is 0.272. The lowest BCUT2D eigenvalue weighted by Gasteiger charge is -2.17. The average Bonchev–Trinajstić information content (AvgIpc) is 2.88. The molecule has 0 aromatic carbocycles. The summed E-state index contributed by atoms with van der Waals surface area (Å²) < 4.78 is 0. The fourth-order valence-corrected chi connectivity index (χ4v) is 2.30. The molecule has 3 heteroatoms. The maximum Gasteiger partial charge on any atom is 0.222 e. The third kappa shape index (κ3) is 2.94. The quantitative estimate of drug-likeness (QED) is 0.763. The van der Waals surface area contributed by atoms with Crippen molar-refractivity contribution in [2.75, 3.05) is 13.1 Å². The zero-order valence-corrected chi connectivity index (χ0v) is 9.48. The molecule has 0 aromatic heterocycles. The Bertz CT molecular complexity index is 236. The Morgan fingerprint density at radius 2 is 2.20 bits per heavy atom. The zero-order valence-electron chi connectivity index (χ0n) is 9.48. The highest BCUT2D eigenvalue weighted by atomic mass is 16.3. The van der Waals surface area contributed by atoms with E-state index in [4.69, 9.17) is 0 Å². The van der Waals surface area contributed by atoms with Gasteiger partial charge in [0.2, 0.25) is 5.91 Å². The topological polar surface area (TPSA) is 40.5 Å². The van der Waals surface area contributed by atoms with E-state index in [0.717, 1.165) is 38.3 Å². The minimum Gasteiger partial charge on any atom is -0.393 e. The third-order valence-corrected chi connectivity index (χ3v) is 3.72. The lowest BCUT2D eigenvalue weighted by Crippen LogP contribution is -2.30. The molecule has 1 aliphatic heterocycles. The van der Waals surface area contributed by atoms with Crippen molar-refractivity contribution in [1.82, 2.24) is 4.90 Å². The van der Waals surface area contributed by atoms with Gasteiger partial charge < -0.3 is 10.0 Å². The molecule has 1 aliphatic carbocycles. The molecule has 2 aliphatic rings. The van der Waals surface area contributed by atoms with E-state index in [1.165, 1.54) is 12.8 Å². The number of carbonyl (C=O) groups is 1. The maximum absolute atomic E-state index is 11.8. The van der Waals surface area contributed by atoms with Crippen LogP contribution >= 0.6 is 0 Å². The molecule has 2 rings (SSSR count). The summed E-state index contributed by atoms with van der Waals surface area (Å²) >= 11 is 0. The van der Waals surface area contributed by atoms with E-state index in [0.29, 0.717) is 11.8 Å². The van der Waals surface area contributed by atoms with Crippen molar-refractivity contribution in [2.45, 2.75) is 45.1 Å². The standard InChI is InChI=1S/C12H21NO2/c1-9(14)11-6-7-13(8-11)12(15)5-4-10-2-3-10/h9-11,14H,2-8H2,1H3. The van der Waals surface area contributed by atoms with Crippen molar-refractivity contribution in [1.29, 1.82) is 0 Å². The lowest BCUT2D eigenvalue weighted by atomic mass is 10.0. The molecule has 0 radical (unpaired) electrons. The summed E-state index contributed by atoms with van der Waals surface area (Å²) in [4.78, 5) is 13.7. The van der Waals surface area contributed by atoms with Gasteiger partial charge in [-0.15, -0.1) is 0 Å². The van der Waals surface area contributed by atoms with Crippen molar-refractivity contribution >= 4 is 5.91 Å². The third-order valence-electron chi connectivity index (χ3n) is 3.72. The minimum atomic E-state index is -0.272. The second-order valence-electron chi connectivity index (χ2n) is 5.11. The Morgan fingerprint density at radius 1 is 1.47 bits per heavy atom. The van der Waals surface area contributed by atoms with Crippen LogP contribution in [0.2, 0.25) is 0 Å². The summed E-state index contributed by atoms with van der Waals surface area (Å²) in [6, 6.07) is 0. The molecule has 1 N–H and O–H groups in total. The molecule has 86 valence electrons. The number of aliphatic hydroxyl groups excluding tert-OH is 1. The van der Waals surface area contributed by atoms with Gasteiger partial charge in [-0.3, -0.25) is 4.79 Å². The molecule has 2 fully saturated rings. The Kier molecular flexibility index (Phi) is 3.29. The Labute approximate surface area is 91.5 Å². The van der Waals surface area contributed by atoms with E-state index in [1.807, 2.05) is 11.8 Å². The molecule has 0 aromatic rings. The van der Waals surface area contributed by atoms with Crippen LogP contribution in [0.5, 0.6) is 0 Å². The highest BCUT2D eigenvalue weighted by Gasteiger charge is 2.30. The van der Waals surface area contributed by atoms with Crippen molar-refractivity contribution in [3.8, 4) is 0 Å². The number of aliphatic hydroxyl groups is 1. The molecule has 1 heterocycles. The van der Waals surface area contributed by atoms with E-state index >= 15 is 0 Å². The van der Waals surface area contributed by atoms with Crippen LogP contribution in [0.15, 0.2) is 0 Å². The zero-order chi connectivity index (χ0) is 10.8. The summed E-state index contributed by atoms with van der Waals surface area (Å²) in [7, 11) is 0. The van der Waals surface area contributed by atoms with Gasteiger partial charge in [0.25, 0.3) is 0 Å². The van der Waals surface area contributed by atoms with Crippen molar-refractivity contribution in [3.63, 3.8) is 0 Å². The molecule has 1 saturated carbocycles. The van der Waals surface area contributed by atoms with Gasteiger partial charge in [-0.2, -0.15) is 0 Å². The van der Waals surface area contributed by atoms with Gasteiger partial charge in [0, 0.05) is 25.4 Å². The SMILES string of the molecule is CC(O)C1CCN(C(=O)CCC2CC2)C1. The number of rotatable bonds is 4. The first kappa shape index (κ1) is 10.9. The first-order valence-electron chi connectivity index (χ1n) is 6.12. The lowest BCUT2D eigenvalue weighted by molar-refractivity contribution is -0.130. The van der Waals surface area contributed by atoms with Crippen LogP contribution in [-0.4, -0.2) is 35.1 Å². The smallest absolute Gasteiger partial charge is 0.222 e. The molecule has 1 amide bonds. The predicted octanol–water partition coefficient (Wildman–Crippen LogP) is 1.41. The molecular formula is C12H21NO2. The Hall–Kier alpha value is -0.570. The van der Waals surface area contributed by atoms with E-state index in [-0.39, 0.29) is 6.10 Å². The number of carbonyl (C=O) groups excluding carboxylic acids is 1. The summed E-state index contributed by atoms with van der Waals surface area (Å²) in [5, 5.41) is 9.44. The fourth-order valence-electron chi connectivity index (χ4n) is 2.30. The van der Waals surface area contributed by atoms with Crippen LogP contribution in [0.25, 0.3) is 0 Å². The molecular weight excluding hydrogens is 190 g/mol. The first-order valence-corrected chi connectivity index (χ1v) is 6.12. The van der Waals surface area contributed by atoms with Crippen LogP contribution < -0.4 is 0 Å². The highest BCUT2D eigenvalue weighted by Crippen LogP contribution is 2.34. The fraction of sp³-hybridized carbons (Fsp3) is 0.917. The van der Waals surface area contributed by atoms with Crippen LogP contribution in [0.1, 0.15) is 39.0 Å². The molecule has 1 saturated heterocycles. The van der Waals surface area contributed by atoms with Gasteiger partial charge in [-0.1, -0.05) is 12.8 Å². The second-order valence-corrected chi connectivity index (χ2v) is 5.11. The summed E-state index contributed by atoms with van der Waals surface area (Å²) in [5.41, 5.74) is 0. The van der Waals surface area contributed by atoms with Crippen molar-refractivity contribution < 1.29 is 9.90 Å². The van der Waals surface area contributed by atoms with Crippen LogP contribution in [0, 0.1) is 11.8 Å². The van der Waals surface area contributed by atoms with E-state index in [9.17, 15) is 9.90 Å². The number of hydrogen-bond acceptors (Lipinski definition) is 2. The van der Waals surface area contributed by atoms with E-state index in [2.05, 4.69) is 0 Å². The predicted molar refractivity (Wildman–Crippen MR) is 58.3 cm³/mol. The molecule has 3 nitrogen and oxygen atoms in total. The van der Waals surface area contributed by atoms with Crippen LogP contribution in [0.4, 0.5) is 0 Å². The van der Waals surface area contributed by atoms with E-state index < -0.39 is 0 Å². The first-order chi connectivity index (χ1) is 7.16. The average molecular weight is 211 g/mol. The summed E-state index contributed by atoms with van der Waals surface area (Å²) in [6.45, 7) is 3.43. The number of hydrogen-bond donors (Lipinski definition) is 1. The maximum atomic E-state index is 11.8. The van der Waals surface area contributed by atoms with Gasteiger partial charge in [0.1, 0.15) is 0 Å². The largest absolute Gasteiger partial charge is 0.393 e. The Balaban J connectivity index is 1.71. The molecule has 2 atom stereocenters. The van der Waals surface area contributed by atoms with Gasteiger partial charge in [0.15, 0.2) is 0 Å². The molecule has 2 unspecified atom stereocenters. The molecule has 0 bridgehead atoms. The van der Waals surface area contributed by atoms with Crippen molar-refractivity contribution in [2.24, 2.45) is 11.8 Å². The summed E-state index contributed by atoms with van der Waals surface area (Å²) in [6.07, 6.45) is 5.14. The monoisotopic (exact) mass is 211 g/mol. The summed E-state index contributed by atoms with van der Waals surface area (Å²) in [5.74, 6) is 1.43. The number of nitrogens with zero attached hydrogens (tertiary/aromatic N) is 1. The van der Waals surface area contributed by atoms with Gasteiger partial charge >= 0.3 is 0 Å². The van der Waals surface area contributed by atoms with Gasteiger partial charge in [0.05, 0.1) is 6.10 Å².